The van der Waals surface area contributed by atoms with E-state index in [4.69, 9.17) is 11.6 Å². The molecule has 0 aliphatic carbocycles. The number of carbonyl (C=O) groups excluding carboxylic acids is 1. The molecule has 0 radical (unpaired) electrons. The predicted molar refractivity (Wildman–Crippen MR) is 84.8 cm³/mol. The molecule has 1 atom stereocenters. The third-order valence-corrected chi connectivity index (χ3v) is 5.02. The third kappa shape index (κ3) is 2.99. The first-order valence-electron chi connectivity index (χ1n) is 7.20. The Morgan fingerprint density at radius 2 is 2.29 bits per heavy atom. The summed E-state index contributed by atoms with van der Waals surface area (Å²) < 4.78 is 1.72. The van der Waals surface area contributed by atoms with Crippen LogP contribution in [0, 0.1) is 0 Å². The van der Waals surface area contributed by atoms with Gasteiger partial charge < -0.3 is 4.90 Å². The van der Waals surface area contributed by atoms with E-state index in [1.54, 1.807) is 10.9 Å². The number of nitrogens with zero attached hydrogens (tertiary/aromatic N) is 3. The highest BCUT2D eigenvalue weighted by atomic mass is 35.5. The molecule has 2 aromatic heterocycles. The van der Waals surface area contributed by atoms with Crippen LogP contribution in [0.2, 0.25) is 5.02 Å². The molecule has 1 aliphatic heterocycles. The average Bonchev–Trinajstić information content (AvgIpc) is 3.02. The zero-order valence-electron chi connectivity index (χ0n) is 12.0. The van der Waals surface area contributed by atoms with E-state index in [2.05, 4.69) is 5.10 Å². The number of hydrogen-bond acceptors (Lipinski definition) is 3. The number of aryl methyl sites for hydroxylation is 1. The molecular weight excluding hydrogens is 306 g/mol. The zero-order valence-corrected chi connectivity index (χ0v) is 13.5. The molecule has 1 amide bonds. The summed E-state index contributed by atoms with van der Waals surface area (Å²) in [6.45, 7) is 0.772. The molecule has 21 heavy (non-hydrogen) atoms. The Hall–Kier alpha value is -1.33. The first kappa shape index (κ1) is 14.6. The van der Waals surface area contributed by atoms with Gasteiger partial charge in [-0.05, 0) is 24.3 Å². The van der Waals surface area contributed by atoms with Gasteiger partial charge in [0, 0.05) is 19.8 Å². The molecule has 0 spiro atoms. The van der Waals surface area contributed by atoms with Crippen molar-refractivity contribution in [2.45, 2.75) is 31.7 Å². The Morgan fingerprint density at radius 1 is 1.43 bits per heavy atom. The van der Waals surface area contributed by atoms with Gasteiger partial charge in [-0.2, -0.15) is 5.10 Å². The largest absolute Gasteiger partial charge is 0.329 e. The smallest absolute Gasteiger partial charge is 0.264 e. The van der Waals surface area contributed by atoms with Crippen molar-refractivity contribution in [1.29, 1.82) is 0 Å². The van der Waals surface area contributed by atoms with Crippen molar-refractivity contribution in [2.75, 3.05) is 6.54 Å². The Bertz CT molecular complexity index is 623. The van der Waals surface area contributed by atoms with Crippen molar-refractivity contribution in [3.8, 4) is 0 Å². The summed E-state index contributed by atoms with van der Waals surface area (Å²) in [5, 5.41) is 7.07. The Balaban J connectivity index is 1.94. The van der Waals surface area contributed by atoms with Crippen molar-refractivity contribution < 1.29 is 4.79 Å². The van der Waals surface area contributed by atoms with Crippen molar-refractivity contribution in [1.82, 2.24) is 14.7 Å². The molecule has 2 aromatic rings. The molecule has 3 rings (SSSR count). The van der Waals surface area contributed by atoms with Crippen LogP contribution in [0.1, 0.15) is 47.1 Å². The molecule has 0 bridgehead atoms. The van der Waals surface area contributed by atoms with E-state index in [0.29, 0.717) is 5.02 Å². The van der Waals surface area contributed by atoms with Crippen LogP contribution in [0.25, 0.3) is 0 Å². The fraction of sp³-hybridized carbons (Fsp3) is 0.467. The van der Waals surface area contributed by atoms with Crippen molar-refractivity contribution >= 4 is 28.8 Å². The number of amides is 1. The number of aromatic nitrogens is 2. The van der Waals surface area contributed by atoms with Gasteiger partial charge in [0.1, 0.15) is 5.69 Å². The van der Waals surface area contributed by atoms with Gasteiger partial charge in [0.25, 0.3) is 5.91 Å². The Labute approximate surface area is 133 Å². The number of thiophene rings is 1. The van der Waals surface area contributed by atoms with Crippen molar-refractivity contribution in [3.63, 3.8) is 0 Å². The fourth-order valence-corrected chi connectivity index (χ4v) is 3.86. The van der Waals surface area contributed by atoms with Crippen LogP contribution in [0.3, 0.4) is 0 Å². The lowest BCUT2D eigenvalue weighted by atomic mass is 10.1. The van der Waals surface area contributed by atoms with Crippen LogP contribution in [0.4, 0.5) is 0 Å². The van der Waals surface area contributed by atoms with Gasteiger partial charge in [-0.1, -0.05) is 30.5 Å². The normalized spacial score (nSPS) is 19.5. The Kier molecular flexibility index (Phi) is 4.31. The molecule has 1 saturated heterocycles. The molecule has 1 fully saturated rings. The maximum Gasteiger partial charge on any atom is 0.264 e. The second-order valence-electron chi connectivity index (χ2n) is 5.38. The molecule has 1 aliphatic rings. The number of halogens is 1. The highest BCUT2D eigenvalue weighted by Gasteiger charge is 2.31. The van der Waals surface area contributed by atoms with Gasteiger partial charge in [-0.25, -0.2) is 0 Å². The van der Waals surface area contributed by atoms with Crippen LogP contribution in [0.5, 0.6) is 0 Å². The lowest BCUT2D eigenvalue weighted by molar-refractivity contribution is 0.0681. The monoisotopic (exact) mass is 323 g/mol. The van der Waals surface area contributed by atoms with Gasteiger partial charge in [0.05, 0.1) is 15.9 Å². The van der Waals surface area contributed by atoms with E-state index in [-0.39, 0.29) is 11.9 Å². The summed E-state index contributed by atoms with van der Waals surface area (Å²) >= 11 is 7.80. The van der Waals surface area contributed by atoms with Crippen LogP contribution < -0.4 is 0 Å². The first-order chi connectivity index (χ1) is 10.2. The molecular formula is C15H18ClN3OS. The minimum absolute atomic E-state index is 0.0178. The topological polar surface area (TPSA) is 38.1 Å². The summed E-state index contributed by atoms with van der Waals surface area (Å²) in [4.78, 5) is 15.5. The minimum atomic E-state index is -0.0178. The van der Waals surface area contributed by atoms with Crippen molar-refractivity contribution in [3.05, 3.63) is 39.3 Å². The van der Waals surface area contributed by atoms with E-state index >= 15 is 0 Å². The summed E-state index contributed by atoms with van der Waals surface area (Å²) in [5.41, 5.74) is 0.825. The van der Waals surface area contributed by atoms with Gasteiger partial charge in [-0.15, -0.1) is 11.3 Å². The van der Waals surface area contributed by atoms with Crippen LogP contribution in [0.15, 0.2) is 23.7 Å². The SMILES string of the molecule is Cn1cc(Cl)c([C@H]2CCCCCN2C(=O)c2cccs2)n1. The highest BCUT2D eigenvalue weighted by molar-refractivity contribution is 7.12. The quantitative estimate of drug-likeness (QED) is 0.841. The summed E-state index contributed by atoms with van der Waals surface area (Å²) in [6.07, 6.45) is 6.02. The lowest BCUT2D eigenvalue weighted by Crippen LogP contribution is -2.34. The van der Waals surface area contributed by atoms with Crippen LogP contribution in [-0.2, 0) is 7.05 Å². The second-order valence-corrected chi connectivity index (χ2v) is 6.73. The van der Waals surface area contributed by atoms with Gasteiger partial charge >= 0.3 is 0 Å². The first-order valence-corrected chi connectivity index (χ1v) is 8.46. The molecule has 4 nitrogen and oxygen atoms in total. The average molecular weight is 324 g/mol. The predicted octanol–water partition coefficient (Wildman–Crippen LogP) is 3.89. The van der Waals surface area contributed by atoms with E-state index in [0.717, 1.165) is 42.8 Å². The molecule has 0 saturated carbocycles. The Morgan fingerprint density at radius 3 is 2.95 bits per heavy atom. The second kappa shape index (κ2) is 6.20. The molecule has 112 valence electrons. The zero-order chi connectivity index (χ0) is 14.8. The van der Waals surface area contributed by atoms with Crippen LogP contribution in [-0.4, -0.2) is 27.1 Å². The van der Waals surface area contributed by atoms with E-state index in [1.807, 2.05) is 29.5 Å². The maximum atomic E-state index is 12.8. The molecule has 0 aromatic carbocycles. The third-order valence-electron chi connectivity index (χ3n) is 3.87. The molecule has 6 heteroatoms. The van der Waals surface area contributed by atoms with Crippen molar-refractivity contribution in [2.24, 2.45) is 7.05 Å². The fourth-order valence-electron chi connectivity index (χ4n) is 2.88. The molecule has 0 unspecified atom stereocenters. The lowest BCUT2D eigenvalue weighted by Gasteiger charge is -2.28. The van der Waals surface area contributed by atoms with Gasteiger partial charge in [0.2, 0.25) is 0 Å². The van der Waals surface area contributed by atoms with Crippen LogP contribution >= 0.6 is 22.9 Å². The minimum Gasteiger partial charge on any atom is -0.329 e. The van der Waals surface area contributed by atoms with Gasteiger partial charge in [-0.3, -0.25) is 9.48 Å². The number of likely N-dealkylation sites (tertiary alicyclic amines) is 1. The number of hydrogen-bond donors (Lipinski definition) is 0. The summed E-state index contributed by atoms with van der Waals surface area (Å²) in [7, 11) is 1.86. The standard InChI is InChI=1S/C15H18ClN3OS/c1-18-10-11(16)14(17-18)12-6-3-2-4-8-19(12)15(20)13-7-5-9-21-13/h5,7,9-10,12H,2-4,6,8H2,1H3/t12-/m1/s1. The number of carbonyl (C=O) groups is 1. The summed E-state index contributed by atoms with van der Waals surface area (Å²) in [5.74, 6) is 0.0959. The molecule has 0 N–H and O–H groups in total. The van der Waals surface area contributed by atoms with E-state index in [9.17, 15) is 4.79 Å². The van der Waals surface area contributed by atoms with E-state index in [1.165, 1.54) is 11.3 Å². The number of rotatable bonds is 2. The maximum absolute atomic E-state index is 12.8. The highest BCUT2D eigenvalue weighted by Crippen LogP contribution is 2.34. The van der Waals surface area contributed by atoms with Gasteiger partial charge in [0.15, 0.2) is 0 Å². The molecule has 3 heterocycles. The summed E-state index contributed by atoms with van der Waals surface area (Å²) in [6, 6.07) is 3.78. The van der Waals surface area contributed by atoms with E-state index < -0.39 is 0 Å².